The predicted molar refractivity (Wildman–Crippen MR) is 45.9 cm³/mol. The van der Waals surface area contributed by atoms with Crippen molar-refractivity contribution in [1.82, 2.24) is 8.75 Å². The minimum absolute atomic E-state index is 0.545. The molecule has 5 heteroatoms. The van der Waals surface area contributed by atoms with Crippen LogP contribution in [0.4, 0.5) is 0 Å². The van der Waals surface area contributed by atoms with Crippen LogP contribution in [0.15, 0.2) is 5.03 Å². The van der Waals surface area contributed by atoms with Crippen molar-refractivity contribution in [2.24, 2.45) is 0 Å². The van der Waals surface area contributed by atoms with Gasteiger partial charge in [0.1, 0.15) is 5.03 Å². The lowest BCUT2D eigenvalue weighted by Gasteiger charge is -1.90. The summed E-state index contributed by atoms with van der Waals surface area (Å²) in [4.78, 5) is 0. The third kappa shape index (κ3) is 2.11. The maximum absolute atomic E-state index is 5.69. The molecule has 0 aliphatic heterocycles. The lowest BCUT2D eigenvalue weighted by Crippen LogP contribution is -1.75. The largest absolute Gasteiger partial charge is 0.176 e. The standard InChI is InChI=1S/C5H7ClN2S2/c1-2-3-9-5-4(6)7-10-8-5/h2-3H2,1H3. The molecule has 0 unspecified atom stereocenters. The molecule has 0 aliphatic carbocycles. The Labute approximate surface area is 73.3 Å². The van der Waals surface area contributed by atoms with Gasteiger partial charge in [0.25, 0.3) is 0 Å². The predicted octanol–water partition coefficient (Wildman–Crippen LogP) is 2.69. The third-order valence-electron chi connectivity index (χ3n) is 0.864. The van der Waals surface area contributed by atoms with Gasteiger partial charge in [-0.1, -0.05) is 18.5 Å². The van der Waals surface area contributed by atoms with Gasteiger partial charge < -0.3 is 0 Å². The van der Waals surface area contributed by atoms with E-state index in [9.17, 15) is 0 Å². The summed E-state index contributed by atoms with van der Waals surface area (Å²) >= 11 is 8.51. The topological polar surface area (TPSA) is 25.8 Å². The molecule has 0 radical (unpaired) electrons. The van der Waals surface area contributed by atoms with Crippen molar-refractivity contribution in [2.45, 2.75) is 18.4 Å². The van der Waals surface area contributed by atoms with Gasteiger partial charge in [-0.05, 0) is 12.2 Å². The summed E-state index contributed by atoms with van der Waals surface area (Å²) < 4.78 is 7.86. The molecule has 0 bridgehead atoms. The molecule has 1 aromatic heterocycles. The molecule has 0 aromatic carbocycles. The molecule has 2 nitrogen and oxygen atoms in total. The van der Waals surface area contributed by atoms with Crippen molar-refractivity contribution >= 4 is 35.1 Å². The van der Waals surface area contributed by atoms with Crippen molar-refractivity contribution in [2.75, 3.05) is 5.75 Å². The van der Waals surface area contributed by atoms with Crippen LogP contribution in [0.3, 0.4) is 0 Å². The molecule has 0 fully saturated rings. The van der Waals surface area contributed by atoms with E-state index in [1.54, 1.807) is 11.8 Å². The van der Waals surface area contributed by atoms with Gasteiger partial charge in [0.15, 0.2) is 5.15 Å². The van der Waals surface area contributed by atoms with E-state index < -0.39 is 0 Å². The lowest BCUT2D eigenvalue weighted by molar-refractivity contribution is 1.10. The van der Waals surface area contributed by atoms with Gasteiger partial charge in [-0.15, -0.1) is 11.8 Å². The Morgan fingerprint density at radius 3 is 2.90 bits per heavy atom. The molecule has 0 saturated heterocycles. The second-order valence-corrected chi connectivity index (χ2v) is 3.68. The van der Waals surface area contributed by atoms with E-state index in [1.807, 2.05) is 0 Å². The molecule has 0 N–H and O–H groups in total. The average Bonchev–Trinajstić information content (AvgIpc) is 2.31. The van der Waals surface area contributed by atoms with Crippen LogP contribution >= 0.6 is 35.1 Å². The van der Waals surface area contributed by atoms with Crippen LogP contribution in [0.1, 0.15) is 13.3 Å². The van der Waals surface area contributed by atoms with E-state index in [0.29, 0.717) is 5.15 Å². The van der Waals surface area contributed by atoms with Gasteiger partial charge in [-0.3, -0.25) is 0 Å². The van der Waals surface area contributed by atoms with Gasteiger partial charge in [0, 0.05) is 0 Å². The smallest absolute Gasteiger partial charge is 0.165 e. The molecule has 1 rings (SSSR count). The zero-order chi connectivity index (χ0) is 7.40. The summed E-state index contributed by atoms with van der Waals surface area (Å²) in [5.41, 5.74) is 0. The Hall–Kier alpha value is 0.200. The number of hydrogen-bond acceptors (Lipinski definition) is 4. The second kappa shape index (κ2) is 4.16. The normalized spacial score (nSPS) is 10.2. The highest BCUT2D eigenvalue weighted by molar-refractivity contribution is 7.99. The minimum Gasteiger partial charge on any atom is -0.165 e. The molecule has 0 atom stereocenters. The van der Waals surface area contributed by atoms with Gasteiger partial charge in [-0.25, -0.2) is 0 Å². The summed E-state index contributed by atoms with van der Waals surface area (Å²) in [6, 6.07) is 0. The third-order valence-corrected chi connectivity index (χ3v) is 3.15. The first-order valence-electron chi connectivity index (χ1n) is 2.95. The maximum atomic E-state index is 5.69. The molecule has 56 valence electrons. The molecule has 1 aromatic rings. The number of thioether (sulfide) groups is 1. The first-order valence-corrected chi connectivity index (χ1v) is 5.05. The number of rotatable bonds is 3. The number of halogens is 1. The molecule has 0 amide bonds. The Balaban J connectivity index is 2.49. The fraction of sp³-hybridized carbons (Fsp3) is 0.600. The Kier molecular flexibility index (Phi) is 3.45. The number of nitrogens with zero attached hydrogens (tertiary/aromatic N) is 2. The number of aromatic nitrogens is 2. The summed E-state index contributed by atoms with van der Waals surface area (Å²) in [6.07, 6.45) is 1.14. The van der Waals surface area contributed by atoms with Crippen molar-refractivity contribution in [3.8, 4) is 0 Å². The number of hydrogen-bond donors (Lipinski definition) is 0. The monoisotopic (exact) mass is 194 g/mol. The summed E-state index contributed by atoms with van der Waals surface area (Å²) in [5, 5.41) is 1.41. The van der Waals surface area contributed by atoms with E-state index in [-0.39, 0.29) is 0 Å². The highest BCUT2D eigenvalue weighted by atomic mass is 35.5. The highest BCUT2D eigenvalue weighted by Gasteiger charge is 2.03. The Bertz CT molecular complexity index is 201. The van der Waals surface area contributed by atoms with Crippen LogP contribution in [-0.2, 0) is 0 Å². The van der Waals surface area contributed by atoms with Crippen LogP contribution in [0.2, 0.25) is 5.15 Å². The van der Waals surface area contributed by atoms with Gasteiger partial charge in [0.05, 0.1) is 11.7 Å². The maximum Gasteiger partial charge on any atom is 0.176 e. The first kappa shape index (κ1) is 8.30. The van der Waals surface area contributed by atoms with Crippen LogP contribution in [0.5, 0.6) is 0 Å². The fourth-order valence-electron chi connectivity index (χ4n) is 0.455. The highest BCUT2D eigenvalue weighted by Crippen LogP contribution is 2.24. The summed E-state index contributed by atoms with van der Waals surface area (Å²) in [5.74, 6) is 1.06. The Morgan fingerprint density at radius 1 is 1.60 bits per heavy atom. The van der Waals surface area contributed by atoms with Crippen LogP contribution in [0, 0.1) is 0 Å². The van der Waals surface area contributed by atoms with E-state index in [1.165, 1.54) is 0 Å². The van der Waals surface area contributed by atoms with Gasteiger partial charge in [-0.2, -0.15) is 8.75 Å². The van der Waals surface area contributed by atoms with E-state index in [0.717, 1.165) is 28.9 Å². The van der Waals surface area contributed by atoms with E-state index >= 15 is 0 Å². The van der Waals surface area contributed by atoms with Crippen molar-refractivity contribution in [3.05, 3.63) is 5.15 Å². The van der Waals surface area contributed by atoms with Crippen molar-refractivity contribution in [1.29, 1.82) is 0 Å². The van der Waals surface area contributed by atoms with Crippen LogP contribution in [-0.4, -0.2) is 14.5 Å². The molecular formula is C5H7ClN2S2. The van der Waals surface area contributed by atoms with Gasteiger partial charge >= 0.3 is 0 Å². The van der Waals surface area contributed by atoms with Crippen LogP contribution < -0.4 is 0 Å². The van der Waals surface area contributed by atoms with E-state index in [4.69, 9.17) is 11.6 Å². The Morgan fingerprint density at radius 2 is 2.40 bits per heavy atom. The second-order valence-electron chi connectivity index (χ2n) is 1.71. The minimum atomic E-state index is 0.545. The lowest BCUT2D eigenvalue weighted by atomic mass is 10.6. The molecule has 1 heterocycles. The van der Waals surface area contributed by atoms with Crippen molar-refractivity contribution in [3.63, 3.8) is 0 Å². The molecule has 10 heavy (non-hydrogen) atoms. The molecule has 0 aliphatic rings. The van der Waals surface area contributed by atoms with Crippen molar-refractivity contribution < 1.29 is 0 Å². The summed E-state index contributed by atoms with van der Waals surface area (Å²) in [7, 11) is 0. The van der Waals surface area contributed by atoms with Gasteiger partial charge in [0.2, 0.25) is 0 Å². The quantitative estimate of drug-likeness (QED) is 0.692. The zero-order valence-corrected chi connectivity index (χ0v) is 7.89. The average molecular weight is 195 g/mol. The molecule has 0 saturated carbocycles. The first-order chi connectivity index (χ1) is 4.84. The fourth-order valence-corrected chi connectivity index (χ4v) is 2.09. The zero-order valence-electron chi connectivity index (χ0n) is 5.50. The molecular weight excluding hydrogens is 188 g/mol. The summed E-state index contributed by atoms with van der Waals surface area (Å²) in [6.45, 7) is 2.13. The van der Waals surface area contributed by atoms with Crippen LogP contribution in [0.25, 0.3) is 0 Å². The van der Waals surface area contributed by atoms with E-state index in [2.05, 4.69) is 15.7 Å². The SMILES string of the molecule is CCCSc1nsnc1Cl. The molecule has 0 spiro atoms.